The summed E-state index contributed by atoms with van der Waals surface area (Å²) in [5, 5.41) is 34.2. The summed E-state index contributed by atoms with van der Waals surface area (Å²) in [6.07, 6.45) is 0. The van der Waals surface area contributed by atoms with Gasteiger partial charge < -0.3 is 9.32 Å². The van der Waals surface area contributed by atoms with Gasteiger partial charge >= 0.3 is 0 Å². The molecule has 8 aromatic carbocycles. The molecule has 60 heavy (non-hydrogen) atoms. The topological polar surface area (TPSA) is 121 Å². The minimum atomic E-state index is 0.576. The predicted molar refractivity (Wildman–Crippen MR) is 236 cm³/mol. The van der Waals surface area contributed by atoms with Gasteiger partial charge in [-0.1, -0.05) is 66.7 Å². The van der Waals surface area contributed by atoms with Gasteiger partial charge in [-0.05, 0) is 112 Å². The summed E-state index contributed by atoms with van der Waals surface area (Å²) in [7, 11) is 5.54. The number of fused-ring (bicyclic) bond motifs is 6. The summed E-state index contributed by atoms with van der Waals surface area (Å²) in [6.45, 7) is 0. The molecule has 12 rings (SSSR count). The molecule has 12 nitrogen and oxygen atoms in total. The summed E-state index contributed by atoms with van der Waals surface area (Å²) in [5.74, 6) is 0.576. The van der Waals surface area contributed by atoms with Crippen molar-refractivity contribution in [1.29, 1.82) is 0 Å². The van der Waals surface area contributed by atoms with E-state index in [-0.39, 0.29) is 0 Å². The number of anilines is 3. The minimum absolute atomic E-state index is 0.576. The van der Waals surface area contributed by atoms with Crippen molar-refractivity contribution in [3.8, 4) is 33.7 Å². The summed E-state index contributed by atoms with van der Waals surface area (Å²) in [6, 6.07) is 50.0. The van der Waals surface area contributed by atoms with Crippen LogP contribution in [0.5, 0.6) is 0 Å². The molecule has 0 saturated heterocycles. The lowest BCUT2D eigenvalue weighted by Gasteiger charge is -2.26. The average Bonchev–Trinajstić information content (AvgIpc) is 4.07. The van der Waals surface area contributed by atoms with Gasteiger partial charge in [-0.2, -0.15) is 45.0 Å². The first-order valence-electron chi connectivity index (χ1n) is 19.6. The largest absolute Gasteiger partial charge is 0.436 e. The second kappa shape index (κ2) is 12.9. The number of oxazole rings is 1. The Morgan fingerprint density at radius 1 is 0.400 bits per heavy atom. The number of aryl methyl sites for hydroxylation is 3. The van der Waals surface area contributed by atoms with Crippen molar-refractivity contribution >= 4 is 82.8 Å². The standard InChI is InChI=1S/C48H33N11O/c1-56-50-38-12-8-13-39(45(38)53-56)59(41-24-22-36(44-47(41)55-58(3)52-44)33-20-19-32-25-30-9-4-5-10-31(30)26-34(32)27-33)40-23-21-35(43-46(40)54-57(2)51-43)28-15-17-29(18-16-28)48-49-37-11-6-7-14-42(37)60-48/h4-27H,1-3H3. The third-order valence-corrected chi connectivity index (χ3v) is 11.2. The summed E-state index contributed by atoms with van der Waals surface area (Å²) >= 11 is 0. The Labute approximate surface area is 341 Å². The molecular formula is C48H33N11O. The van der Waals surface area contributed by atoms with E-state index in [2.05, 4.69) is 107 Å². The smallest absolute Gasteiger partial charge is 0.227 e. The van der Waals surface area contributed by atoms with Crippen LogP contribution in [0.1, 0.15) is 0 Å². The molecule has 0 N–H and O–H groups in total. The molecule has 4 aromatic heterocycles. The maximum atomic E-state index is 6.06. The van der Waals surface area contributed by atoms with Crippen LogP contribution in [-0.2, 0) is 21.1 Å². The molecule has 0 atom stereocenters. The number of hydrogen-bond donors (Lipinski definition) is 0. The van der Waals surface area contributed by atoms with Crippen molar-refractivity contribution in [3.63, 3.8) is 0 Å². The van der Waals surface area contributed by atoms with Gasteiger partial charge in [0, 0.05) is 37.8 Å². The third-order valence-electron chi connectivity index (χ3n) is 11.2. The fraction of sp³-hybridized carbons (Fsp3) is 0.0625. The Morgan fingerprint density at radius 2 is 0.933 bits per heavy atom. The van der Waals surface area contributed by atoms with Crippen LogP contribution in [0.2, 0.25) is 0 Å². The molecule has 12 heteroatoms. The molecule has 0 aliphatic rings. The lowest BCUT2D eigenvalue weighted by atomic mass is 9.97. The number of benzene rings is 8. The Bertz CT molecular complexity index is 3640. The molecule has 0 amide bonds. The number of aromatic nitrogens is 10. The summed E-state index contributed by atoms with van der Waals surface area (Å²) in [5.41, 5.74) is 13.3. The average molecular weight is 780 g/mol. The van der Waals surface area contributed by atoms with E-state index in [0.717, 1.165) is 88.9 Å². The number of para-hydroxylation sites is 2. The third kappa shape index (κ3) is 5.34. The van der Waals surface area contributed by atoms with Gasteiger partial charge in [0.25, 0.3) is 0 Å². The Kier molecular flexibility index (Phi) is 7.27. The van der Waals surface area contributed by atoms with Crippen LogP contribution in [0.3, 0.4) is 0 Å². The molecule has 0 aliphatic carbocycles. The quantitative estimate of drug-likeness (QED) is 0.152. The van der Waals surface area contributed by atoms with Crippen LogP contribution in [0.4, 0.5) is 17.1 Å². The van der Waals surface area contributed by atoms with Crippen LogP contribution in [0.15, 0.2) is 150 Å². The fourth-order valence-electron chi connectivity index (χ4n) is 8.48. The molecule has 4 heterocycles. The first-order valence-corrected chi connectivity index (χ1v) is 19.6. The van der Waals surface area contributed by atoms with Crippen molar-refractivity contribution in [1.82, 2.24) is 50.0 Å². The first kappa shape index (κ1) is 33.8. The van der Waals surface area contributed by atoms with Crippen molar-refractivity contribution in [2.24, 2.45) is 21.1 Å². The summed E-state index contributed by atoms with van der Waals surface area (Å²) in [4.78, 5) is 11.7. The molecule has 0 radical (unpaired) electrons. The SMILES string of the molecule is Cn1nc2cccc(N(c3ccc(-c4ccc(-c5nc6ccccc6o5)cc4)c4nn(C)nc34)c3ccc(-c4ccc5cc6ccccc6cc5c4)c4nn(C)nc34)c2n1. The highest BCUT2D eigenvalue weighted by atomic mass is 16.3. The molecule has 0 bridgehead atoms. The van der Waals surface area contributed by atoms with Gasteiger partial charge in [0.05, 0.1) is 17.1 Å². The Hall–Kier alpha value is -8.25. The van der Waals surface area contributed by atoms with Gasteiger partial charge in [0.2, 0.25) is 5.89 Å². The zero-order valence-corrected chi connectivity index (χ0v) is 32.7. The molecule has 0 fully saturated rings. The van der Waals surface area contributed by atoms with E-state index >= 15 is 0 Å². The van der Waals surface area contributed by atoms with E-state index in [1.165, 1.54) is 16.2 Å². The van der Waals surface area contributed by atoms with Crippen molar-refractivity contribution in [3.05, 3.63) is 146 Å². The fourth-order valence-corrected chi connectivity index (χ4v) is 8.48. The lowest BCUT2D eigenvalue weighted by molar-refractivity contribution is 0.620. The normalized spacial score (nSPS) is 11.9. The van der Waals surface area contributed by atoms with Crippen LogP contribution in [0.25, 0.3) is 99.5 Å². The van der Waals surface area contributed by atoms with E-state index in [4.69, 9.17) is 34.9 Å². The van der Waals surface area contributed by atoms with E-state index in [0.29, 0.717) is 11.4 Å². The highest BCUT2D eigenvalue weighted by Gasteiger charge is 2.27. The van der Waals surface area contributed by atoms with Crippen molar-refractivity contribution < 1.29 is 4.42 Å². The number of rotatable bonds is 6. The molecule has 0 aliphatic heterocycles. The van der Waals surface area contributed by atoms with Crippen LogP contribution in [-0.4, -0.2) is 50.0 Å². The van der Waals surface area contributed by atoms with Gasteiger partial charge in [-0.25, -0.2) is 4.98 Å². The minimum Gasteiger partial charge on any atom is -0.436 e. The molecule has 0 spiro atoms. The molecule has 286 valence electrons. The molecular weight excluding hydrogens is 747 g/mol. The molecule has 12 aromatic rings. The Balaban J connectivity index is 1.03. The maximum Gasteiger partial charge on any atom is 0.227 e. The van der Waals surface area contributed by atoms with E-state index in [1.54, 1.807) is 14.4 Å². The van der Waals surface area contributed by atoms with Gasteiger partial charge in [-0.15, -0.1) is 0 Å². The highest BCUT2D eigenvalue weighted by Crippen LogP contribution is 2.46. The second-order valence-corrected chi connectivity index (χ2v) is 15.0. The van der Waals surface area contributed by atoms with Crippen molar-refractivity contribution in [2.75, 3.05) is 4.90 Å². The number of hydrogen-bond acceptors (Lipinski definition) is 9. The summed E-state index contributed by atoms with van der Waals surface area (Å²) < 4.78 is 6.06. The molecule has 0 unspecified atom stereocenters. The maximum absolute atomic E-state index is 6.06. The number of nitrogens with zero attached hydrogens (tertiary/aromatic N) is 11. The first-order chi connectivity index (χ1) is 29.4. The van der Waals surface area contributed by atoms with E-state index in [9.17, 15) is 0 Å². The van der Waals surface area contributed by atoms with Crippen LogP contribution in [0, 0.1) is 0 Å². The van der Waals surface area contributed by atoms with Crippen molar-refractivity contribution in [2.45, 2.75) is 0 Å². The van der Waals surface area contributed by atoms with E-state index < -0.39 is 0 Å². The van der Waals surface area contributed by atoms with Gasteiger partial charge in [-0.3, -0.25) is 0 Å². The van der Waals surface area contributed by atoms with Crippen LogP contribution >= 0.6 is 0 Å². The zero-order valence-electron chi connectivity index (χ0n) is 32.7. The zero-order chi connectivity index (χ0) is 40.1. The van der Waals surface area contributed by atoms with E-state index in [1.807, 2.05) is 69.7 Å². The van der Waals surface area contributed by atoms with Gasteiger partial charge in [0.15, 0.2) is 5.58 Å². The monoisotopic (exact) mass is 779 g/mol. The predicted octanol–water partition coefficient (Wildman–Crippen LogP) is 10.5. The van der Waals surface area contributed by atoms with Crippen LogP contribution < -0.4 is 4.90 Å². The molecule has 0 saturated carbocycles. The van der Waals surface area contributed by atoms with Gasteiger partial charge in [0.1, 0.15) is 38.6 Å². The Morgan fingerprint density at radius 3 is 1.65 bits per heavy atom. The lowest BCUT2D eigenvalue weighted by Crippen LogP contribution is -2.12. The second-order valence-electron chi connectivity index (χ2n) is 15.0. The highest BCUT2D eigenvalue weighted by molar-refractivity contribution is 6.10.